The predicted molar refractivity (Wildman–Crippen MR) is 95.1 cm³/mol. The quantitative estimate of drug-likeness (QED) is 0.784. The van der Waals surface area contributed by atoms with E-state index in [0.29, 0.717) is 17.0 Å². The summed E-state index contributed by atoms with van der Waals surface area (Å²) in [5, 5.41) is 9.48. The number of hydrogen-bond acceptors (Lipinski definition) is 4. The second-order valence-corrected chi connectivity index (χ2v) is 6.91. The summed E-state index contributed by atoms with van der Waals surface area (Å²) >= 11 is 3.41. The summed E-state index contributed by atoms with van der Waals surface area (Å²) in [4.78, 5) is 26.8. The van der Waals surface area contributed by atoms with Gasteiger partial charge in [0.05, 0.1) is 11.3 Å². The Morgan fingerprint density at radius 2 is 1.88 bits per heavy atom. The van der Waals surface area contributed by atoms with Gasteiger partial charge in [0.25, 0.3) is 0 Å². The molecule has 4 rings (SSSR count). The molecule has 2 aromatic carbocycles. The summed E-state index contributed by atoms with van der Waals surface area (Å²) in [6.07, 6.45) is 0.172. The van der Waals surface area contributed by atoms with Gasteiger partial charge in [0.2, 0.25) is 5.91 Å². The first-order valence-electron chi connectivity index (χ1n) is 7.82. The maximum Gasteiger partial charge on any atom is 0.336 e. The fourth-order valence-corrected chi connectivity index (χ4v) is 3.75. The molecule has 5 nitrogen and oxygen atoms in total. The van der Waals surface area contributed by atoms with Crippen molar-refractivity contribution in [3.8, 4) is 5.75 Å². The van der Waals surface area contributed by atoms with Crippen molar-refractivity contribution < 1.29 is 19.4 Å². The van der Waals surface area contributed by atoms with Crippen molar-refractivity contribution in [3.63, 3.8) is 0 Å². The van der Waals surface area contributed by atoms with E-state index in [4.69, 9.17) is 4.74 Å². The average molecular weight is 400 g/mol. The van der Waals surface area contributed by atoms with Crippen LogP contribution in [0.3, 0.4) is 0 Å². The first-order chi connectivity index (χ1) is 12.0. The smallest absolute Gasteiger partial charge is 0.336 e. The lowest BCUT2D eigenvalue weighted by Crippen LogP contribution is -2.37. The molecule has 1 atom stereocenters. The predicted octanol–water partition coefficient (Wildman–Crippen LogP) is 3.49. The third kappa shape index (κ3) is 2.72. The largest absolute Gasteiger partial charge is 0.508 e. The molecule has 0 saturated heterocycles. The monoisotopic (exact) mass is 399 g/mol. The van der Waals surface area contributed by atoms with E-state index in [0.717, 1.165) is 10.0 Å². The van der Waals surface area contributed by atoms with Crippen molar-refractivity contribution in [3.05, 3.63) is 69.8 Å². The van der Waals surface area contributed by atoms with E-state index in [1.165, 1.54) is 0 Å². The molecule has 2 aliphatic rings. The Morgan fingerprint density at radius 3 is 2.60 bits per heavy atom. The van der Waals surface area contributed by atoms with Gasteiger partial charge < -0.3 is 9.84 Å². The number of nitrogens with zero attached hydrogens (tertiary/aromatic N) is 1. The normalized spacial score (nSPS) is 19.9. The molecule has 25 heavy (non-hydrogen) atoms. The highest BCUT2D eigenvalue weighted by atomic mass is 79.9. The van der Waals surface area contributed by atoms with Crippen LogP contribution in [-0.4, -0.2) is 23.6 Å². The highest BCUT2D eigenvalue weighted by Gasteiger charge is 2.42. The fourth-order valence-electron chi connectivity index (χ4n) is 3.36. The van der Waals surface area contributed by atoms with Crippen LogP contribution < -0.4 is 4.90 Å². The number of aromatic hydroxyl groups is 1. The second-order valence-electron chi connectivity index (χ2n) is 5.99. The molecule has 0 aliphatic carbocycles. The topological polar surface area (TPSA) is 66.8 Å². The fraction of sp³-hybridized carbons (Fsp3) is 0.158. The third-order valence-electron chi connectivity index (χ3n) is 4.48. The molecule has 2 aliphatic heterocycles. The van der Waals surface area contributed by atoms with Crippen molar-refractivity contribution in [1.82, 2.24) is 0 Å². The zero-order valence-electron chi connectivity index (χ0n) is 13.1. The van der Waals surface area contributed by atoms with Crippen LogP contribution in [0.1, 0.15) is 17.9 Å². The Balaban J connectivity index is 1.83. The highest BCUT2D eigenvalue weighted by molar-refractivity contribution is 9.10. The molecular weight excluding hydrogens is 386 g/mol. The van der Waals surface area contributed by atoms with Crippen molar-refractivity contribution in [2.24, 2.45) is 0 Å². The van der Waals surface area contributed by atoms with Crippen molar-refractivity contribution in [1.29, 1.82) is 0 Å². The van der Waals surface area contributed by atoms with Crippen LogP contribution in [-0.2, 0) is 14.3 Å². The number of carbonyl (C=O) groups is 2. The highest BCUT2D eigenvalue weighted by Crippen LogP contribution is 2.42. The first-order valence-corrected chi connectivity index (χ1v) is 8.61. The minimum Gasteiger partial charge on any atom is -0.508 e. The Morgan fingerprint density at radius 1 is 1.12 bits per heavy atom. The first kappa shape index (κ1) is 15.9. The maximum absolute atomic E-state index is 12.9. The van der Waals surface area contributed by atoms with Gasteiger partial charge in [-0.05, 0) is 35.9 Å². The number of carbonyl (C=O) groups excluding carboxylic acids is 2. The van der Waals surface area contributed by atoms with Gasteiger partial charge in [0, 0.05) is 22.5 Å². The minimum absolute atomic E-state index is 0.0843. The lowest BCUT2D eigenvalue weighted by atomic mass is 9.84. The molecule has 0 spiro atoms. The van der Waals surface area contributed by atoms with E-state index in [2.05, 4.69) is 15.9 Å². The summed E-state index contributed by atoms with van der Waals surface area (Å²) in [5.74, 6) is -0.694. The van der Waals surface area contributed by atoms with Crippen LogP contribution in [0.4, 0.5) is 5.69 Å². The van der Waals surface area contributed by atoms with Gasteiger partial charge >= 0.3 is 5.97 Å². The molecule has 1 amide bonds. The summed E-state index contributed by atoms with van der Waals surface area (Å²) in [6, 6.07) is 14.0. The zero-order chi connectivity index (χ0) is 17.6. The van der Waals surface area contributed by atoms with E-state index in [-0.39, 0.29) is 36.6 Å². The standard InChI is InChI=1S/C19H14BrNO4/c20-12-2-1-3-13(8-12)21-16-10-25-19(24)18(16)15(9-17(21)23)11-4-6-14(22)7-5-11/h1-8,15,22H,9-10H2. The van der Waals surface area contributed by atoms with E-state index in [9.17, 15) is 14.7 Å². The Hall–Kier alpha value is -2.60. The Bertz CT molecular complexity index is 904. The van der Waals surface area contributed by atoms with Gasteiger partial charge in [-0.2, -0.15) is 0 Å². The number of esters is 1. The minimum atomic E-state index is -0.388. The van der Waals surface area contributed by atoms with Gasteiger partial charge in [-0.3, -0.25) is 9.69 Å². The number of phenols is 1. The van der Waals surface area contributed by atoms with E-state index >= 15 is 0 Å². The molecule has 2 heterocycles. The van der Waals surface area contributed by atoms with Crippen LogP contribution in [0, 0.1) is 0 Å². The molecule has 0 bridgehead atoms. The van der Waals surface area contributed by atoms with Gasteiger partial charge in [-0.1, -0.05) is 34.1 Å². The summed E-state index contributed by atoms with van der Waals surface area (Å²) in [5.41, 5.74) is 2.63. The lowest BCUT2D eigenvalue weighted by molar-refractivity contribution is -0.136. The van der Waals surface area contributed by atoms with Crippen LogP contribution in [0.15, 0.2) is 64.3 Å². The van der Waals surface area contributed by atoms with Crippen LogP contribution in [0.25, 0.3) is 0 Å². The number of halogens is 1. The maximum atomic E-state index is 12.9. The SMILES string of the molecule is O=C1OCC2=C1C(c1ccc(O)cc1)CC(=O)N2c1cccc(Br)c1. The molecule has 6 heteroatoms. The summed E-state index contributed by atoms with van der Waals surface area (Å²) in [7, 11) is 0. The summed E-state index contributed by atoms with van der Waals surface area (Å²) < 4.78 is 6.09. The average Bonchev–Trinajstić information content (AvgIpc) is 2.96. The van der Waals surface area contributed by atoms with Crippen molar-refractivity contribution in [2.45, 2.75) is 12.3 Å². The number of cyclic esters (lactones) is 1. The molecule has 1 N–H and O–H groups in total. The number of rotatable bonds is 2. The van der Waals surface area contributed by atoms with E-state index in [1.54, 1.807) is 29.2 Å². The number of phenolic OH excluding ortho intramolecular Hbond substituents is 1. The Kier molecular flexibility index (Phi) is 3.84. The molecule has 126 valence electrons. The molecule has 0 fully saturated rings. The second kappa shape index (κ2) is 6.04. The summed E-state index contributed by atoms with van der Waals surface area (Å²) in [6.45, 7) is 0.0843. The van der Waals surface area contributed by atoms with Crippen LogP contribution >= 0.6 is 15.9 Å². The van der Waals surface area contributed by atoms with Gasteiger partial charge in [-0.15, -0.1) is 0 Å². The van der Waals surface area contributed by atoms with Crippen LogP contribution in [0.5, 0.6) is 5.75 Å². The van der Waals surface area contributed by atoms with Crippen LogP contribution in [0.2, 0.25) is 0 Å². The number of anilines is 1. The molecule has 0 aromatic heterocycles. The zero-order valence-corrected chi connectivity index (χ0v) is 14.7. The molecular formula is C19H14BrNO4. The number of amides is 1. The Labute approximate surface area is 152 Å². The molecule has 0 saturated carbocycles. The number of hydrogen-bond donors (Lipinski definition) is 1. The molecule has 1 unspecified atom stereocenters. The number of benzene rings is 2. The van der Waals surface area contributed by atoms with Gasteiger partial charge in [0.1, 0.15) is 12.4 Å². The van der Waals surface area contributed by atoms with E-state index < -0.39 is 0 Å². The van der Waals surface area contributed by atoms with Gasteiger partial charge in [0.15, 0.2) is 0 Å². The lowest BCUT2D eigenvalue weighted by Gasteiger charge is -2.32. The van der Waals surface area contributed by atoms with E-state index in [1.807, 2.05) is 24.3 Å². The third-order valence-corrected chi connectivity index (χ3v) is 4.97. The van der Waals surface area contributed by atoms with Crippen molar-refractivity contribution in [2.75, 3.05) is 11.5 Å². The molecule has 0 radical (unpaired) electrons. The number of ether oxygens (including phenoxy) is 1. The van der Waals surface area contributed by atoms with Crippen molar-refractivity contribution >= 4 is 33.5 Å². The van der Waals surface area contributed by atoms with Gasteiger partial charge in [-0.25, -0.2) is 4.79 Å². The molecule has 2 aromatic rings.